The van der Waals surface area contributed by atoms with Crippen molar-refractivity contribution in [3.63, 3.8) is 0 Å². The Labute approximate surface area is 214 Å². The Bertz CT molecular complexity index is 1380. The minimum absolute atomic E-state index is 0.309. The Kier molecular flexibility index (Phi) is 6.30. The molecule has 2 aromatic carbocycles. The van der Waals surface area contributed by atoms with Crippen molar-refractivity contribution in [3.05, 3.63) is 82.7 Å². The molecule has 2 aliphatic rings. The third-order valence-corrected chi connectivity index (χ3v) is 8.36. The van der Waals surface area contributed by atoms with Gasteiger partial charge < -0.3 is 9.72 Å². The lowest BCUT2D eigenvalue weighted by molar-refractivity contribution is 0.189. The van der Waals surface area contributed by atoms with E-state index in [4.69, 9.17) is 9.72 Å². The summed E-state index contributed by atoms with van der Waals surface area (Å²) in [5.74, 6) is 1.02. The fourth-order valence-corrected chi connectivity index (χ4v) is 6.41. The normalized spacial score (nSPS) is 18.2. The highest BCUT2D eigenvalue weighted by Crippen LogP contribution is 2.39. The summed E-state index contributed by atoms with van der Waals surface area (Å²) in [4.78, 5) is 11.1. The molecular weight excluding hydrogens is 442 g/mol. The molecule has 4 aromatic rings. The lowest BCUT2D eigenvalue weighted by Crippen LogP contribution is -2.28. The van der Waals surface area contributed by atoms with E-state index in [-0.39, 0.29) is 0 Å². The summed E-state index contributed by atoms with van der Waals surface area (Å²) in [6.07, 6.45) is 10.8. The van der Waals surface area contributed by atoms with Crippen LogP contribution in [0, 0.1) is 13.8 Å². The lowest BCUT2D eigenvalue weighted by Gasteiger charge is -2.34. The fourth-order valence-electron chi connectivity index (χ4n) is 6.41. The number of fused-ring (bicyclic) bond motifs is 2. The highest BCUT2D eigenvalue weighted by molar-refractivity contribution is 5.96. The van der Waals surface area contributed by atoms with Crippen molar-refractivity contribution in [2.45, 2.75) is 77.5 Å². The number of pyridine rings is 1. The van der Waals surface area contributed by atoms with Crippen molar-refractivity contribution >= 4 is 10.9 Å². The van der Waals surface area contributed by atoms with Crippen LogP contribution in [0.25, 0.3) is 22.2 Å². The first kappa shape index (κ1) is 23.3. The van der Waals surface area contributed by atoms with Gasteiger partial charge in [-0.25, -0.2) is 0 Å². The van der Waals surface area contributed by atoms with E-state index in [1.165, 1.54) is 65.3 Å². The van der Waals surface area contributed by atoms with Crippen LogP contribution in [0.4, 0.5) is 0 Å². The molecule has 0 bridgehead atoms. The van der Waals surface area contributed by atoms with Crippen LogP contribution in [0.5, 0.6) is 5.75 Å². The van der Waals surface area contributed by atoms with Crippen LogP contribution in [0.1, 0.15) is 72.5 Å². The van der Waals surface area contributed by atoms with Gasteiger partial charge in [-0.2, -0.15) is 0 Å². The molecule has 4 heteroatoms. The Morgan fingerprint density at radius 3 is 2.69 bits per heavy atom. The molecular formula is C32H37N3O. The van der Waals surface area contributed by atoms with Crippen LogP contribution in [0.3, 0.4) is 0 Å². The second kappa shape index (κ2) is 9.74. The van der Waals surface area contributed by atoms with Crippen molar-refractivity contribution in [3.8, 4) is 17.0 Å². The number of aromatic amines is 1. The molecule has 0 spiro atoms. The molecule has 1 fully saturated rings. The summed E-state index contributed by atoms with van der Waals surface area (Å²) >= 11 is 0. The van der Waals surface area contributed by atoms with Gasteiger partial charge in [0, 0.05) is 52.6 Å². The van der Waals surface area contributed by atoms with Crippen LogP contribution < -0.4 is 4.74 Å². The number of benzene rings is 2. The largest absolute Gasteiger partial charge is 0.490 e. The van der Waals surface area contributed by atoms with E-state index in [2.05, 4.69) is 79.3 Å². The summed E-state index contributed by atoms with van der Waals surface area (Å²) in [5, 5.41) is 1.22. The Hall–Kier alpha value is -3.11. The second-order valence-electron chi connectivity index (χ2n) is 10.8. The number of aryl methyl sites for hydroxylation is 3. The number of hydrogen-bond acceptors (Lipinski definition) is 3. The third-order valence-electron chi connectivity index (χ3n) is 8.36. The molecule has 4 nitrogen and oxygen atoms in total. The molecule has 2 heterocycles. The molecule has 0 radical (unpaired) electrons. The van der Waals surface area contributed by atoms with Gasteiger partial charge in [0.2, 0.25) is 0 Å². The number of H-pyrrole nitrogens is 1. The van der Waals surface area contributed by atoms with Crippen molar-refractivity contribution in [1.29, 1.82) is 0 Å². The SMILES string of the molecule is Cc1ccc2[nH]ccc2c1-c1cc(OC2CCCC2)c(CN(C)[C@H]2CCCc3ccccc32)c(C)n1. The number of nitrogens with one attached hydrogen (secondary N) is 1. The summed E-state index contributed by atoms with van der Waals surface area (Å²) < 4.78 is 6.77. The van der Waals surface area contributed by atoms with Gasteiger partial charge >= 0.3 is 0 Å². The van der Waals surface area contributed by atoms with Crippen molar-refractivity contribution < 1.29 is 4.74 Å². The molecule has 1 atom stereocenters. The van der Waals surface area contributed by atoms with Crippen LogP contribution in [-0.2, 0) is 13.0 Å². The molecule has 1 N–H and O–H groups in total. The van der Waals surface area contributed by atoms with Gasteiger partial charge in [-0.05, 0) is 94.7 Å². The maximum Gasteiger partial charge on any atom is 0.128 e. The zero-order chi connectivity index (χ0) is 24.6. The average molecular weight is 480 g/mol. The predicted octanol–water partition coefficient (Wildman–Crippen LogP) is 7.68. The van der Waals surface area contributed by atoms with Crippen molar-refractivity contribution in [1.82, 2.24) is 14.9 Å². The van der Waals surface area contributed by atoms with Crippen LogP contribution in [0.15, 0.2) is 54.7 Å². The van der Waals surface area contributed by atoms with Crippen LogP contribution in [0.2, 0.25) is 0 Å². The van der Waals surface area contributed by atoms with E-state index in [1.54, 1.807) is 0 Å². The van der Waals surface area contributed by atoms with Crippen LogP contribution >= 0.6 is 0 Å². The number of ether oxygens (including phenoxy) is 1. The van der Waals surface area contributed by atoms with E-state index < -0.39 is 0 Å². The molecule has 2 aliphatic carbocycles. The molecule has 186 valence electrons. The maximum absolute atomic E-state index is 6.77. The monoisotopic (exact) mass is 479 g/mol. The highest BCUT2D eigenvalue weighted by Gasteiger charge is 2.27. The topological polar surface area (TPSA) is 41.1 Å². The summed E-state index contributed by atoms with van der Waals surface area (Å²) in [7, 11) is 2.27. The smallest absolute Gasteiger partial charge is 0.128 e. The van der Waals surface area contributed by atoms with Crippen molar-refractivity contribution in [2.24, 2.45) is 0 Å². The van der Waals surface area contributed by atoms with Gasteiger partial charge in [-0.1, -0.05) is 30.3 Å². The standard InChI is InChI=1S/C32H37N3O/c1-21-15-16-28-26(17-18-33-28)32(21)29-19-31(36-24-11-5-6-12-24)27(22(2)34-29)20-35(3)30-14-8-10-23-9-4-7-13-25(23)30/h4,7,9,13,15-19,24,30,33H,5-6,8,10-12,14,20H2,1-3H3/t30-/m0/s1. The minimum atomic E-state index is 0.309. The highest BCUT2D eigenvalue weighted by atomic mass is 16.5. The van der Waals surface area contributed by atoms with Crippen LogP contribution in [-0.4, -0.2) is 28.0 Å². The van der Waals surface area contributed by atoms with Gasteiger partial charge in [0.15, 0.2) is 0 Å². The number of rotatable bonds is 6. The van der Waals surface area contributed by atoms with Gasteiger partial charge in [-0.3, -0.25) is 9.88 Å². The second-order valence-corrected chi connectivity index (χ2v) is 10.8. The Morgan fingerprint density at radius 1 is 1.00 bits per heavy atom. The van der Waals surface area contributed by atoms with Gasteiger partial charge in [-0.15, -0.1) is 0 Å². The minimum Gasteiger partial charge on any atom is -0.490 e. The molecule has 1 saturated carbocycles. The van der Waals surface area contributed by atoms with Gasteiger partial charge in [0.25, 0.3) is 0 Å². The molecule has 0 saturated heterocycles. The first-order valence-corrected chi connectivity index (χ1v) is 13.6. The summed E-state index contributed by atoms with van der Waals surface area (Å²) in [6, 6.07) is 18.1. The quantitative estimate of drug-likeness (QED) is 0.308. The Balaban J connectivity index is 1.39. The van der Waals surface area contributed by atoms with Gasteiger partial charge in [0.05, 0.1) is 11.8 Å². The molecule has 2 aromatic heterocycles. The molecule has 0 amide bonds. The zero-order valence-corrected chi connectivity index (χ0v) is 21.8. The molecule has 6 rings (SSSR count). The van der Waals surface area contributed by atoms with E-state index in [9.17, 15) is 0 Å². The summed E-state index contributed by atoms with van der Waals surface area (Å²) in [6.45, 7) is 5.18. The van der Waals surface area contributed by atoms with E-state index in [0.717, 1.165) is 42.0 Å². The maximum atomic E-state index is 6.77. The average Bonchev–Trinajstić information content (AvgIpc) is 3.57. The number of hydrogen-bond donors (Lipinski definition) is 1. The van der Waals surface area contributed by atoms with E-state index >= 15 is 0 Å². The third kappa shape index (κ3) is 4.32. The van der Waals surface area contributed by atoms with E-state index in [1.807, 2.05) is 6.20 Å². The Morgan fingerprint density at radius 2 is 1.83 bits per heavy atom. The van der Waals surface area contributed by atoms with E-state index in [0.29, 0.717) is 12.1 Å². The fraction of sp³-hybridized carbons (Fsp3) is 0.406. The molecule has 36 heavy (non-hydrogen) atoms. The number of nitrogens with zero attached hydrogens (tertiary/aromatic N) is 2. The predicted molar refractivity (Wildman–Crippen MR) is 147 cm³/mol. The molecule has 0 aliphatic heterocycles. The first-order chi connectivity index (χ1) is 17.6. The zero-order valence-electron chi connectivity index (χ0n) is 21.8. The van der Waals surface area contributed by atoms with Crippen molar-refractivity contribution in [2.75, 3.05) is 7.05 Å². The summed E-state index contributed by atoms with van der Waals surface area (Å²) in [5.41, 5.74) is 9.90. The lowest BCUT2D eigenvalue weighted by atomic mass is 9.87. The molecule has 0 unspecified atom stereocenters. The number of aromatic nitrogens is 2. The van der Waals surface area contributed by atoms with Gasteiger partial charge in [0.1, 0.15) is 5.75 Å². The first-order valence-electron chi connectivity index (χ1n) is 13.6.